The quantitative estimate of drug-likeness (QED) is 0.387. The zero-order chi connectivity index (χ0) is 8.10. The molecule has 0 saturated carbocycles. The van der Waals surface area contributed by atoms with Crippen molar-refractivity contribution in [3.05, 3.63) is 23.2 Å². The van der Waals surface area contributed by atoms with Crippen molar-refractivity contribution in [1.29, 1.82) is 0 Å². The zero-order valence-electron chi connectivity index (χ0n) is 5.51. The van der Waals surface area contributed by atoms with Crippen molar-refractivity contribution in [1.82, 2.24) is 9.97 Å². The van der Waals surface area contributed by atoms with Crippen LogP contribution in [0.15, 0.2) is 12.5 Å². The Bertz CT molecular complexity index is 303. The zero-order valence-corrected chi connectivity index (χ0v) is 7.85. The molecule has 1 aromatic heterocycles. The number of aromatic nitrogens is 2. The molecule has 0 bridgehead atoms. The number of hydrogen-bond acceptors (Lipinski definition) is 2. The van der Waals surface area contributed by atoms with Crippen molar-refractivity contribution >= 4 is 27.5 Å². The van der Waals surface area contributed by atoms with Crippen LogP contribution in [0.4, 0.5) is 0 Å². The average Bonchev–Trinajstić information content (AvgIpc) is 2.03. The van der Waals surface area contributed by atoms with Gasteiger partial charge in [0.25, 0.3) is 0 Å². The summed E-state index contributed by atoms with van der Waals surface area (Å²) in [5, 5.41) is 1.02. The van der Waals surface area contributed by atoms with Crippen LogP contribution in [0.2, 0.25) is 5.15 Å². The van der Waals surface area contributed by atoms with E-state index in [1.165, 1.54) is 6.33 Å². The van der Waals surface area contributed by atoms with Crippen molar-refractivity contribution < 1.29 is 0 Å². The number of hydrogen-bond donors (Lipinski definition) is 0. The smallest absolute Gasteiger partial charge is 0.148 e. The summed E-state index contributed by atoms with van der Waals surface area (Å²) in [4.78, 5) is 7.55. The molecule has 0 fully saturated rings. The van der Waals surface area contributed by atoms with Crippen LogP contribution in [0, 0.1) is 11.8 Å². The van der Waals surface area contributed by atoms with E-state index in [4.69, 9.17) is 11.6 Å². The maximum absolute atomic E-state index is 5.69. The maximum Gasteiger partial charge on any atom is 0.148 e. The summed E-state index contributed by atoms with van der Waals surface area (Å²) in [6.07, 6.45) is 2.98. The molecular weight excluding hydrogens is 227 g/mol. The first-order chi connectivity index (χ1) is 5.34. The molecule has 1 aromatic rings. The van der Waals surface area contributed by atoms with E-state index in [0.29, 0.717) is 16.0 Å². The van der Waals surface area contributed by atoms with E-state index in [1.54, 1.807) is 6.20 Å². The summed E-state index contributed by atoms with van der Waals surface area (Å²) >= 11 is 8.86. The molecule has 0 N–H and O–H groups in total. The Labute approximate surface area is 78.1 Å². The fraction of sp³-hybridized carbons (Fsp3) is 0.143. The van der Waals surface area contributed by atoms with Crippen LogP contribution >= 0.6 is 27.5 Å². The van der Waals surface area contributed by atoms with Crippen LogP contribution in [0.3, 0.4) is 0 Å². The van der Waals surface area contributed by atoms with E-state index in [2.05, 4.69) is 37.7 Å². The third-order valence-corrected chi connectivity index (χ3v) is 1.54. The van der Waals surface area contributed by atoms with Gasteiger partial charge in [0.05, 0.1) is 10.9 Å². The minimum absolute atomic E-state index is 0.397. The Balaban J connectivity index is 2.95. The normalized spacial score (nSPS) is 8.55. The van der Waals surface area contributed by atoms with Gasteiger partial charge in [-0.3, -0.25) is 0 Å². The Kier molecular flexibility index (Phi) is 3.34. The van der Waals surface area contributed by atoms with Crippen molar-refractivity contribution in [2.75, 3.05) is 5.33 Å². The number of nitrogens with zero attached hydrogens (tertiary/aromatic N) is 2. The third-order valence-electron chi connectivity index (χ3n) is 0.954. The van der Waals surface area contributed by atoms with E-state index in [9.17, 15) is 0 Å². The highest BCUT2D eigenvalue weighted by Crippen LogP contribution is 2.07. The minimum atomic E-state index is 0.397. The molecule has 1 heterocycles. The van der Waals surface area contributed by atoms with E-state index in [-0.39, 0.29) is 0 Å². The maximum atomic E-state index is 5.69. The van der Waals surface area contributed by atoms with Crippen molar-refractivity contribution in [2.45, 2.75) is 0 Å². The molecule has 0 aliphatic carbocycles. The van der Waals surface area contributed by atoms with Gasteiger partial charge in [-0.1, -0.05) is 39.4 Å². The predicted molar refractivity (Wildman–Crippen MR) is 47.7 cm³/mol. The van der Waals surface area contributed by atoms with Gasteiger partial charge in [-0.15, -0.1) is 0 Å². The Hall–Kier alpha value is -0.590. The number of alkyl halides is 1. The van der Waals surface area contributed by atoms with Gasteiger partial charge < -0.3 is 0 Å². The topological polar surface area (TPSA) is 25.8 Å². The Morgan fingerprint density at radius 2 is 2.45 bits per heavy atom. The van der Waals surface area contributed by atoms with Crippen molar-refractivity contribution in [3.63, 3.8) is 0 Å². The molecule has 0 saturated heterocycles. The lowest BCUT2D eigenvalue weighted by Crippen LogP contribution is -1.83. The van der Waals surface area contributed by atoms with Gasteiger partial charge in [0.15, 0.2) is 0 Å². The summed E-state index contributed by atoms with van der Waals surface area (Å²) in [6.45, 7) is 0. The largest absolute Gasteiger partial charge is 0.243 e. The summed E-state index contributed by atoms with van der Waals surface area (Å²) < 4.78 is 0. The molecular formula is C7H4BrClN2. The summed E-state index contributed by atoms with van der Waals surface area (Å²) in [5.41, 5.74) is 0.661. The molecule has 4 heteroatoms. The lowest BCUT2D eigenvalue weighted by molar-refractivity contribution is 1.16. The van der Waals surface area contributed by atoms with E-state index < -0.39 is 0 Å². The molecule has 2 nitrogen and oxygen atoms in total. The first-order valence-electron chi connectivity index (χ1n) is 2.85. The van der Waals surface area contributed by atoms with Crippen LogP contribution in [0.1, 0.15) is 5.56 Å². The number of rotatable bonds is 0. The second-order valence-corrected chi connectivity index (χ2v) is 2.58. The van der Waals surface area contributed by atoms with Gasteiger partial charge in [-0.2, -0.15) is 0 Å². The first kappa shape index (κ1) is 8.51. The molecule has 0 aromatic carbocycles. The second-order valence-electron chi connectivity index (χ2n) is 1.66. The highest BCUT2D eigenvalue weighted by atomic mass is 79.9. The van der Waals surface area contributed by atoms with Gasteiger partial charge in [0.2, 0.25) is 0 Å². The minimum Gasteiger partial charge on any atom is -0.243 e. The predicted octanol–water partition coefficient (Wildman–Crippen LogP) is 1.88. The number of halogens is 2. The molecule has 56 valence electrons. The highest BCUT2D eigenvalue weighted by Gasteiger charge is 1.94. The van der Waals surface area contributed by atoms with Gasteiger partial charge in [-0.05, 0) is 0 Å². The van der Waals surface area contributed by atoms with Gasteiger partial charge in [-0.25, -0.2) is 9.97 Å². The van der Waals surface area contributed by atoms with Crippen LogP contribution in [0.25, 0.3) is 0 Å². The van der Waals surface area contributed by atoms with E-state index in [0.717, 1.165) is 0 Å². The highest BCUT2D eigenvalue weighted by molar-refractivity contribution is 9.09. The van der Waals surface area contributed by atoms with Gasteiger partial charge in [0, 0.05) is 6.20 Å². The Morgan fingerprint density at radius 3 is 3.09 bits per heavy atom. The molecule has 0 amide bonds. The molecule has 11 heavy (non-hydrogen) atoms. The molecule has 0 aliphatic rings. The Morgan fingerprint density at radius 1 is 1.64 bits per heavy atom. The van der Waals surface area contributed by atoms with Crippen LogP contribution < -0.4 is 0 Å². The molecule has 0 atom stereocenters. The first-order valence-corrected chi connectivity index (χ1v) is 4.35. The van der Waals surface area contributed by atoms with Crippen LogP contribution in [-0.2, 0) is 0 Å². The second kappa shape index (κ2) is 4.32. The summed E-state index contributed by atoms with van der Waals surface area (Å²) in [6, 6.07) is 0. The summed E-state index contributed by atoms with van der Waals surface area (Å²) in [7, 11) is 0. The molecule has 0 aliphatic heterocycles. The molecule has 0 unspecified atom stereocenters. The lowest BCUT2D eigenvalue weighted by Gasteiger charge is -1.89. The van der Waals surface area contributed by atoms with E-state index >= 15 is 0 Å². The van der Waals surface area contributed by atoms with Crippen molar-refractivity contribution in [2.24, 2.45) is 0 Å². The molecule has 0 spiro atoms. The van der Waals surface area contributed by atoms with Gasteiger partial charge in [0.1, 0.15) is 11.5 Å². The van der Waals surface area contributed by atoms with Crippen LogP contribution in [-0.4, -0.2) is 15.3 Å². The SMILES string of the molecule is Clc1ncncc1C#CCBr. The fourth-order valence-corrected chi connectivity index (χ4v) is 0.807. The molecule has 1 rings (SSSR count). The molecule has 0 radical (unpaired) electrons. The van der Waals surface area contributed by atoms with Gasteiger partial charge >= 0.3 is 0 Å². The standard InChI is InChI=1S/C7H4BrClN2/c8-3-1-2-6-4-10-5-11-7(6)9/h4-5H,3H2. The third kappa shape index (κ3) is 2.49. The monoisotopic (exact) mass is 230 g/mol. The van der Waals surface area contributed by atoms with E-state index in [1.807, 2.05) is 0 Å². The lowest BCUT2D eigenvalue weighted by atomic mass is 10.3. The van der Waals surface area contributed by atoms with Crippen LogP contribution in [0.5, 0.6) is 0 Å². The summed E-state index contributed by atoms with van der Waals surface area (Å²) in [5.74, 6) is 5.62. The average molecular weight is 231 g/mol. The fourth-order valence-electron chi connectivity index (χ4n) is 0.527. The van der Waals surface area contributed by atoms with Crippen molar-refractivity contribution in [3.8, 4) is 11.8 Å².